The summed E-state index contributed by atoms with van der Waals surface area (Å²) in [7, 11) is 0. The van der Waals surface area contributed by atoms with Crippen LogP contribution in [0.2, 0.25) is 0 Å². The lowest BCUT2D eigenvalue weighted by Gasteiger charge is -2.10. The number of fused-ring (bicyclic) bond motifs is 1. The summed E-state index contributed by atoms with van der Waals surface area (Å²) in [6.07, 6.45) is -0.0646. The number of benzene rings is 1. The van der Waals surface area contributed by atoms with E-state index in [1.807, 2.05) is 6.07 Å². The Kier molecular flexibility index (Phi) is 4.45. The highest BCUT2D eigenvalue weighted by molar-refractivity contribution is 5.77. The van der Waals surface area contributed by atoms with E-state index in [4.69, 9.17) is 5.26 Å². The molecule has 0 N–H and O–H groups in total. The van der Waals surface area contributed by atoms with Gasteiger partial charge in [-0.3, -0.25) is 0 Å². The highest BCUT2D eigenvalue weighted by Crippen LogP contribution is 2.31. The summed E-state index contributed by atoms with van der Waals surface area (Å²) in [5.74, 6) is -0.693. The number of hydrogen-bond donors (Lipinski definition) is 0. The van der Waals surface area contributed by atoms with E-state index in [2.05, 4.69) is 15.1 Å². The number of nitrogens with zero attached hydrogens (tertiary/aromatic N) is 7. The number of rotatable bonds is 4. The van der Waals surface area contributed by atoms with E-state index in [1.165, 1.54) is 33.7 Å². The van der Waals surface area contributed by atoms with Crippen LogP contribution < -0.4 is 0 Å². The summed E-state index contributed by atoms with van der Waals surface area (Å²) in [6.45, 7) is -0.636. The van der Waals surface area contributed by atoms with Crippen LogP contribution in [0.4, 0.5) is 13.2 Å². The average molecular weight is 393 g/mol. The number of alkyl halides is 2. The van der Waals surface area contributed by atoms with Crippen molar-refractivity contribution in [2.75, 3.05) is 0 Å². The quantitative estimate of drug-likeness (QED) is 0.529. The summed E-state index contributed by atoms with van der Waals surface area (Å²) in [5, 5.41) is 22.6. The smallest absolute Gasteiger partial charge is 0.256 e. The molecule has 3 heterocycles. The molecule has 0 aliphatic rings. The molecule has 0 bridgehead atoms. The first kappa shape index (κ1) is 18.2. The Morgan fingerprint density at radius 1 is 1.07 bits per heavy atom. The predicted molar refractivity (Wildman–Crippen MR) is 95.0 cm³/mol. The second-order valence-electron chi connectivity index (χ2n) is 6.04. The second-order valence-corrected chi connectivity index (χ2v) is 6.04. The fourth-order valence-corrected chi connectivity index (χ4v) is 2.98. The van der Waals surface area contributed by atoms with Gasteiger partial charge < -0.3 is 4.57 Å². The summed E-state index contributed by atoms with van der Waals surface area (Å²) < 4.78 is 42.4. The Labute approximate surface area is 161 Å². The minimum absolute atomic E-state index is 0.178. The molecule has 0 spiro atoms. The van der Waals surface area contributed by atoms with Gasteiger partial charge in [0.1, 0.15) is 23.6 Å². The van der Waals surface area contributed by atoms with Crippen molar-refractivity contribution < 1.29 is 13.2 Å². The van der Waals surface area contributed by atoms with Crippen LogP contribution in [-0.2, 0) is 6.54 Å². The molecule has 142 valence electrons. The summed E-state index contributed by atoms with van der Waals surface area (Å²) in [5.41, 5.74) is 1.55. The number of imidazole rings is 2. The maximum absolute atomic E-state index is 13.7. The van der Waals surface area contributed by atoms with Gasteiger partial charge in [0.05, 0.1) is 36.0 Å². The lowest BCUT2D eigenvalue weighted by Crippen LogP contribution is -2.08. The van der Waals surface area contributed by atoms with Crippen molar-refractivity contribution in [1.29, 1.82) is 10.5 Å². The first-order valence-corrected chi connectivity index (χ1v) is 8.30. The summed E-state index contributed by atoms with van der Waals surface area (Å²) in [4.78, 5) is 8.25. The van der Waals surface area contributed by atoms with E-state index >= 15 is 0 Å². The molecule has 0 saturated heterocycles. The van der Waals surface area contributed by atoms with Crippen LogP contribution in [0.25, 0.3) is 28.3 Å². The number of nitriles is 2. The molecule has 0 saturated carbocycles. The van der Waals surface area contributed by atoms with E-state index in [1.54, 1.807) is 18.2 Å². The van der Waals surface area contributed by atoms with Gasteiger partial charge in [0, 0.05) is 5.56 Å². The molecule has 0 atom stereocenters. The van der Waals surface area contributed by atoms with Gasteiger partial charge in [-0.05, 0) is 30.3 Å². The minimum atomic E-state index is -2.65. The van der Waals surface area contributed by atoms with Crippen molar-refractivity contribution in [2.45, 2.75) is 13.0 Å². The van der Waals surface area contributed by atoms with E-state index in [0.29, 0.717) is 11.2 Å². The Bertz CT molecular complexity index is 1310. The average Bonchev–Trinajstić information content (AvgIpc) is 3.31. The maximum atomic E-state index is 13.7. The van der Waals surface area contributed by atoms with Gasteiger partial charge in [-0.25, -0.2) is 27.7 Å². The van der Waals surface area contributed by atoms with E-state index in [0.717, 1.165) is 6.07 Å². The minimum Gasteiger partial charge on any atom is -0.323 e. The third kappa shape index (κ3) is 3.17. The van der Waals surface area contributed by atoms with Gasteiger partial charge in [0.2, 0.25) is 0 Å². The fourth-order valence-electron chi connectivity index (χ4n) is 2.98. The zero-order chi connectivity index (χ0) is 20.5. The zero-order valence-electron chi connectivity index (χ0n) is 14.6. The normalized spacial score (nSPS) is 11.0. The standard InChI is InChI=1S/C19H10F3N7/c20-14-2-1-11(5-12(14)6-23)18-19(28(10-26-18)9-16(21)22)15-3-4-17-25-8-13(7-24)29(17)27-15/h1-5,8,10,16H,9H2. The van der Waals surface area contributed by atoms with Crippen LogP contribution >= 0.6 is 0 Å². The van der Waals surface area contributed by atoms with Gasteiger partial charge in [0.15, 0.2) is 11.3 Å². The van der Waals surface area contributed by atoms with Gasteiger partial charge >= 0.3 is 0 Å². The van der Waals surface area contributed by atoms with E-state index in [9.17, 15) is 18.4 Å². The molecule has 7 nitrogen and oxygen atoms in total. The topological polar surface area (TPSA) is 95.6 Å². The SMILES string of the molecule is N#Cc1cc(-c2ncn(CC(F)F)c2-c2ccc3ncc(C#N)n3n2)ccc1F. The van der Waals surface area contributed by atoms with Crippen molar-refractivity contribution in [3.05, 3.63) is 59.9 Å². The Hall–Kier alpha value is -4.18. The van der Waals surface area contributed by atoms with Crippen LogP contribution in [0, 0.1) is 28.5 Å². The molecule has 29 heavy (non-hydrogen) atoms. The lowest BCUT2D eigenvalue weighted by molar-refractivity contribution is 0.127. The van der Waals surface area contributed by atoms with Crippen molar-refractivity contribution in [1.82, 2.24) is 24.1 Å². The van der Waals surface area contributed by atoms with Crippen LogP contribution in [0.3, 0.4) is 0 Å². The first-order chi connectivity index (χ1) is 14.0. The molecule has 0 unspecified atom stereocenters. The molecule has 0 radical (unpaired) electrons. The fraction of sp³-hybridized carbons (Fsp3) is 0.105. The van der Waals surface area contributed by atoms with Gasteiger partial charge in [0.25, 0.3) is 6.43 Å². The molecule has 0 aliphatic heterocycles. The zero-order valence-corrected chi connectivity index (χ0v) is 14.6. The monoisotopic (exact) mass is 393 g/mol. The van der Waals surface area contributed by atoms with Crippen LogP contribution in [-0.4, -0.2) is 30.6 Å². The Balaban J connectivity index is 1.95. The largest absolute Gasteiger partial charge is 0.323 e. The molecule has 0 amide bonds. The highest BCUT2D eigenvalue weighted by Gasteiger charge is 2.20. The third-order valence-corrected chi connectivity index (χ3v) is 4.25. The van der Waals surface area contributed by atoms with Crippen molar-refractivity contribution in [3.63, 3.8) is 0 Å². The van der Waals surface area contributed by atoms with Crippen LogP contribution in [0.5, 0.6) is 0 Å². The predicted octanol–water partition coefficient (Wildman–Crippen LogP) is 3.41. The van der Waals surface area contributed by atoms with Gasteiger partial charge in [-0.15, -0.1) is 0 Å². The van der Waals surface area contributed by atoms with E-state index in [-0.39, 0.29) is 28.3 Å². The molecule has 3 aromatic heterocycles. The first-order valence-electron chi connectivity index (χ1n) is 8.30. The van der Waals surface area contributed by atoms with Crippen molar-refractivity contribution in [3.8, 4) is 34.8 Å². The molecule has 0 fully saturated rings. The molecular formula is C19H10F3N7. The molecule has 1 aromatic carbocycles. The van der Waals surface area contributed by atoms with Crippen LogP contribution in [0.15, 0.2) is 42.9 Å². The number of halogens is 3. The summed E-state index contributed by atoms with van der Waals surface area (Å²) >= 11 is 0. The molecule has 10 heteroatoms. The Morgan fingerprint density at radius 2 is 1.90 bits per heavy atom. The van der Waals surface area contributed by atoms with Crippen molar-refractivity contribution >= 4 is 5.65 Å². The van der Waals surface area contributed by atoms with E-state index < -0.39 is 18.8 Å². The highest BCUT2D eigenvalue weighted by atomic mass is 19.3. The summed E-state index contributed by atoms with van der Waals surface area (Å²) in [6, 6.07) is 10.7. The molecular weight excluding hydrogens is 383 g/mol. The number of aromatic nitrogens is 5. The Morgan fingerprint density at radius 3 is 2.62 bits per heavy atom. The number of hydrogen-bond acceptors (Lipinski definition) is 5. The van der Waals surface area contributed by atoms with Gasteiger partial charge in [-0.2, -0.15) is 15.6 Å². The second kappa shape index (κ2) is 7.09. The van der Waals surface area contributed by atoms with Crippen LogP contribution in [0.1, 0.15) is 11.3 Å². The molecule has 0 aliphatic carbocycles. The van der Waals surface area contributed by atoms with Gasteiger partial charge in [-0.1, -0.05) is 0 Å². The van der Waals surface area contributed by atoms with Crippen molar-refractivity contribution in [2.24, 2.45) is 0 Å². The maximum Gasteiger partial charge on any atom is 0.256 e. The molecule has 4 aromatic rings. The molecule has 4 rings (SSSR count). The lowest BCUT2D eigenvalue weighted by atomic mass is 10.1. The third-order valence-electron chi connectivity index (χ3n) is 4.25.